The molecular formula is C18H33N7O3. The number of nitrogen functional groups attached to an aromatic ring is 1. The molecule has 0 aliphatic carbocycles. The number of hydrogen-bond donors (Lipinski definition) is 4. The van der Waals surface area contributed by atoms with Gasteiger partial charge in [-0.1, -0.05) is 6.92 Å². The minimum atomic E-state index is -1.50. The normalized spacial score (nSPS) is 21.0. The summed E-state index contributed by atoms with van der Waals surface area (Å²) < 4.78 is 8.14. The number of anilines is 1. The summed E-state index contributed by atoms with van der Waals surface area (Å²) in [5.41, 5.74) is 12.9. The molecule has 1 fully saturated rings. The molecule has 10 nitrogen and oxygen atoms in total. The molecule has 0 aromatic carbocycles. The van der Waals surface area contributed by atoms with Crippen LogP contribution in [0.3, 0.4) is 0 Å². The molecule has 28 heavy (non-hydrogen) atoms. The molecule has 3 unspecified atom stereocenters. The van der Waals surface area contributed by atoms with Crippen LogP contribution in [0.15, 0.2) is 12.7 Å². The van der Waals surface area contributed by atoms with Crippen molar-refractivity contribution >= 4 is 17.0 Å². The van der Waals surface area contributed by atoms with Crippen molar-refractivity contribution in [3.8, 4) is 0 Å². The van der Waals surface area contributed by atoms with Crippen molar-refractivity contribution in [1.82, 2.24) is 24.4 Å². The van der Waals surface area contributed by atoms with Gasteiger partial charge < -0.3 is 31.3 Å². The monoisotopic (exact) mass is 395 g/mol. The molecule has 0 bridgehead atoms. The maximum Gasteiger partial charge on any atom is 0.167 e. The van der Waals surface area contributed by atoms with Crippen molar-refractivity contribution in [2.24, 2.45) is 11.7 Å². The third-order valence-corrected chi connectivity index (χ3v) is 4.32. The molecule has 3 heterocycles. The predicted molar refractivity (Wildman–Crippen MR) is 107 cm³/mol. The van der Waals surface area contributed by atoms with Crippen molar-refractivity contribution in [1.29, 1.82) is 0 Å². The number of aromatic nitrogens is 4. The van der Waals surface area contributed by atoms with Gasteiger partial charge in [0, 0.05) is 13.1 Å². The van der Waals surface area contributed by atoms with Gasteiger partial charge in [-0.05, 0) is 46.2 Å². The van der Waals surface area contributed by atoms with Gasteiger partial charge in [-0.25, -0.2) is 15.0 Å². The van der Waals surface area contributed by atoms with Gasteiger partial charge in [-0.2, -0.15) is 0 Å². The first kappa shape index (κ1) is 22.4. The number of hydrogen-bond acceptors (Lipinski definition) is 9. The lowest BCUT2D eigenvalue weighted by Gasteiger charge is -2.24. The highest BCUT2D eigenvalue weighted by atomic mass is 16.5. The van der Waals surface area contributed by atoms with Gasteiger partial charge in [-0.15, -0.1) is 0 Å². The number of likely N-dealkylation sites (N-methyl/N-ethyl adjacent to an activating group) is 1. The third-order valence-electron chi connectivity index (χ3n) is 4.32. The first-order chi connectivity index (χ1) is 13.1. The van der Waals surface area contributed by atoms with Crippen LogP contribution in [0, 0.1) is 5.92 Å². The molecule has 0 saturated carbocycles. The molecular weight excluding hydrogens is 362 g/mol. The molecule has 10 heteroatoms. The number of nitrogens with zero attached hydrogens (tertiary/aromatic N) is 5. The molecule has 158 valence electrons. The van der Waals surface area contributed by atoms with Crippen LogP contribution in [0.5, 0.6) is 0 Å². The second kappa shape index (κ2) is 9.57. The average molecular weight is 396 g/mol. The molecule has 6 N–H and O–H groups in total. The van der Waals surface area contributed by atoms with E-state index in [1.807, 2.05) is 4.57 Å². The van der Waals surface area contributed by atoms with Gasteiger partial charge in [0.15, 0.2) is 17.3 Å². The molecule has 0 radical (unpaired) electrons. The quantitative estimate of drug-likeness (QED) is 0.507. The van der Waals surface area contributed by atoms with Crippen LogP contribution >= 0.6 is 0 Å². The lowest BCUT2D eigenvalue weighted by molar-refractivity contribution is -0.127. The Bertz CT molecular complexity index is 740. The van der Waals surface area contributed by atoms with Crippen LogP contribution in [0.4, 0.5) is 5.82 Å². The van der Waals surface area contributed by atoms with Crippen molar-refractivity contribution in [3.63, 3.8) is 0 Å². The van der Waals surface area contributed by atoms with E-state index in [0.717, 1.165) is 31.6 Å². The predicted octanol–water partition coefficient (Wildman–Crippen LogP) is 0.320. The highest BCUT2D eigenvalue weighted by Crippen LogP contribution is 2.31. The van der Waals surface area contributed by atoms with Crippen molar-refractivity contribution in [2.45, 2.75) is 51.7 Å². The SMILES string of the molecule is CC(C)(O)O.CC(CN)CN(C)CC1CCC(n2cnc3c(N)ncnc32)O1. The summed E-state index contributed by atoms with van der Waals surface area (Å²) in [6.45, 7) is 7.36. The molecule has 1 saturated heterocycles. The Balaban J connectivity index is 0.000000500. The van der Waals surface area contributed by atoms with Crippen LogP contribution < -0.4 is 11.5 Å². The Hall–Kier alpha value is -1.85. The Morgan fingerprint density at radius 2 is 2.00 bits per heavy atom. The maximum absolute atomic E-state index is 8.08. The van der Waals surface area contributed by atoms with Gasteiger partial charge in [0.25, 0.3) is 0 Å². The van der Waals surface area contributed by atoms with Crippen LogP contribution in [0.2, 0.25) is 0 Å². The minimum Gasteiger partial charge on any atom is -0.382 e. The first-order valence-corrected chi connectivity index (χ1v) is 9.50. The minimum absolute atomic E-state index is 0.0420. The summed E-state index contributed by atoms with van der Waals surface area (Å²) in [6.07, 6.45) is 5.34. The van der Waals surface area contributed by atoms with E-state index in [0.29, 0.717) is 23.8 Å². The van der Waals surface area contributed by atoms with E-state index in [1.165, 1.54) is 20.2 Å². The van der Waals surface area contributed by atoms with E-state index >= 15 is 0 Å². The Labute approximate surface area is 165 Å². The fraction of sp³-hybridized carbons (Fsp3) is 0.722. The molecule has 0 spiro atoms. The van der Waals surface area contributed by atoms with Crippen molar-refractivity contribution in [2.75, 3.05) is 32.4 Å². The van der Waals surface area contributed by atoms with E-state index in [-0.39, 0.29) is 12.3 Å². The van der Waals surface area contributed by atoms with Crippen molar-refractivity contribution < 1.29 is 14.9 Å². The van der Waals surface area contributed by atoms with Crippen LogP contribution in [0.1, 0.15) is 39.8 Å². The maximum atomic E-state index is 8.08. The summed E-state index contributed by atoms with van der Waals surface area (Å²) in [5, 5.41) is 16.2. The standard InChI is InChI=1S/C15H25N7O.C3H8O2/c1-10(5-16)6-21(2)7-11-3-4-12(23-11)22-9-20-13-14(17)18-8-19-15(13)22;1-3(2,4)5/h8-12H,3-7,16H2,1-2H3,(H2,17,18,19);4-5H,1-2H3. The van der Waals surface area contributed by atoms with E-state index in [1.54, 1.807) is 6.33 Å². The van der Waals surface area contributed by atoms with Gasteiger partial charge in [0.2, 0.25) is 0 Å². The van der Waals surface area contributed by atoms with E-state index in [9.17, 15) is 0 Å². The van der Waals surface area contributed by atoms with Gasteiger partial charge >= 0.3 is 0 Å². The molecule has 0 amide bonds. The number of ether oxygens (including phenoxy) is 1. The summed E-state index contributed by atoms with van der Waals surface area (Å²) in [5.74, 6) is -0.603. The Morgan fingerprint density at radius 1 is 1.32 bits per heavy atom. The van der Waals surface area contributed by atoms with Gasteiger partial charge in [0.1, 0.15) is 18.1 Å². The van der Waals surface area contributed by atoms with Crippen LogP contribution in [0.25, 0.3) is 11.2 Å². The van der Waals surface area contributed by atoms with Crippen LogP contribution in [-0.4, -0.2) is 73.2 Å². The topological polar surface area (TPSA) is 149 Å². The zero-order valence-corrected chi connectivity index (χ0v) is 17.1. The van der Waals surface area contributed by atoms with Crippen LogP contribution in [-0.2, 0) is 4.74 Å². The number of imidazole rings is 1. The van der Waals surface area contributed by atoms with E-state index in [4.69, 9.17) is 26.4 Å². The number of aliphatic hydroxyl groups is 2. The number of nitrogens with two attached hydrogens (primary N) is 2. The smallest absolute Gasteiger partial charge is 0.167 e. The number of fused-ring (bicyclic) bond motifs is 1. The highest BCUT2D eigenvalue weighted by molar-refractivity contribution is 5.81. The summed E-state index contributed by atoms with van der Waals surface area (Å²) in [7, 11) is 2.11. The third kappa shape index (κ3) is 6.64. The van der Waals surface area contributed by atoms with Crippen molar-refractivity contribution in [3.05, 3.63) is 12.7 Å². The second-order valence-corrected chi connectivity index (χ2v) is 7.93. The average Bonchev–Trinajstić information content (AvgIpc) is 3.20. The molecule has 3 atom stereocenters. The fourth-order valence-corrected chi connectivity index (χ4v) is 3.14. The molecule has 3 rings (SSSR count). The van der Waals surface area contributed by atoms with Gasteiger partial charge in [0.05, 0.1) is 12.4 Å². The first-order valence-electron chi connectivity index (χ1n) is 9.50. The zero-order valence-electron chi connectivity index (χ0n) is 17.1. The summed E-state index contributed by atoms with van der Waals surface area (Å²) >= 11 is 0. The van der Waals surface area contributed by atoms with E-state index in [2.05, 4.69) is 33.8 Å². The summed E-state index contributed by atoms with van der Waals surface area (Å²) in [6, 6.07) is 0. The molecule has 2 aromatic heterocycles. The molecule has 1 aliphatic heterocycles. The molecule has 1 aliphatic rings. The lowest BCUT2D eigenvalue weighted by atomic mass is 10.1. The molecule has 2 aromatic rings. The largest absolute Gasteiger partial charge is 0.382 e. The second-order valence-electron chi connectivity index (χ2n) is 7.93. The Kier molecular flexibility index (Phi) is 7.67. The lowest BCUT2D eigenvalue weighted by Crippen LogP contribution is -2.34. The fourth-order valence-electron chi connectivity index (χ4n) is 3.14. The zero-order chi connectivity index (χ0) is 20.9. The van der Waals surface area contributed by atoms with Gasteiger partial charge in [-0.3, -0.25) is 4.57 Å². The Morgan fingerprint density at radius 3 is 2.64 bits per heavy atom. The highest BCUT2D eigenvalue weighted by Gasteiger charge is 2.29. The van der Waals surface area contributed by atoms with E-state index < -0.39 is 5.79 Å². The number of rotatable bonds is 6. The summed E-state index contributed by atoms with van der Waals surface area (Å²) in [4.78, 5) is 14.9.